The Kier molecular flexibility index (Phi) is 6.36. The van der Waals surface area contributed by atoms with E-state index in [4.69, 9.17) is 4.74 Å². The maximum Gasteiger partial charge on any atom is 0.410 e. The molecule has 1 aliphatic rings. The second-order valence-electron chi connectivity index (χ2n) is 8.75. The van der Waals surface area contributed by atoms with Gasteiger partial charge >= 0.3 is 6.09 Å². The molecule has 1 aromatic carbocycles. The molecule has 1 N–H and O–H groups in total. The molecule has 4 nitrogen and oxygen atoms in total. The van der Waals surface area contributed by atoms with Crippen LogP contribution >= 0.6 is 0 Å². The predicted octanol–water partition coefficient (Wildman–Crippen LogP) is 5.07. The van der Waals surface area contributed by atoms with Gasteiger partial charge in [0.05, 0.1) is 0 Å². The van der Waals surface area contributed by atoms with Crippen molar-refractivity contribution in [3.8, 4) is 0 Å². The number of nitrogens with one attached hydrogen (secondary N) is 1. The van der Waals surface area contributed by atoms with Crippen LogP contribution in [-0.4, -0.2) is 29.7 Å². The molecule has 1 amide bonds. The lowest BCUT2D eigenvalue weighted by Gasteiger charge is -2.31. The number of nitrogens with zero attached hydrogens (tertiary/aromatic N) is 1. The molecule has 0 radical (unpaired) electrons. The van der Waals surface area contributed by atoms with Crippen LogP contribution in [0.25, 0.3) is 0 Å². The zero-order valence-electron chi connectivity index (χ0n) is 16.7. The third kappa shape index (κ3) is 6.26. The number of benzene rings is 1. The first-order valence-electron chi connectivity index (χ1n) is 9.47. The summed E-state index contributed by atoms with van der Waals surface area (Å²) in [5, 5.41) is 3.55. The normalized spacial score (nSPS) is 15.7. The molecule has 0 bridgehead atoms. The average molecular weight is 347 g/mol. The highest BCUT2D eigenvalue weighted by molar-refractivity contribution is 5.69. The minimum absolute atomic E-state index is 0.220. The first-order chi connectivity index (χ1) is 11.6. The minimum atomic E-state index is -0.451. The lowest BCUT2D eigenvalue weighted by Crippen LogP contribution is -2.39. The Morgan fingerprint density at radius 1 is 1.24 bits per heavy atom. The lowest BCUT2D eigenvalue weighted by atomic mass is 9.97. The van der Waals surface area contributed by atoms with E-state index in [-0.39, 0.29) is 6.09 Å². The molecule has 1 heterocycles. The van der Waals surface area contributed by atoms with Crippen LogP contribution in [0.3, 0.4) is 0 Å². The number of fused-ring (bicyclic) bond motifs is 1. The van der Waals surface area contributed by atoms with Crippen molar-refractivity contribution in [1.82, 2.24) is 4.90 Å². The summed E-state index contributed by atoms with van der Waals surface area (Å²) in [7, 11) is 0. The van der Waals surface area contributed by atoms with Crippen molar-refractivity contribution in [2.45, 2.75) is 66.5 Å². The highest BCUT2D eigenvalue weighted by Gasteiger charge is 2.25. The first-order valence-corrected chi connectivity index (χ1v) is 9.47. The zero-order valence-corrected chi connectivity index (χ0v) is 16.7. The Morgan fingerprint density at radius 3 is 2.60 bits per heavy atom. The van der Waals surface area contributed by atoms with E-state index in [0.717, 1.165) is 31.1 Å². The maximum absolute atomic E-state index is 12.3. The van der Waals surface area contributed by atoms with E-state index in [0.29, 0.717) is 12.5 Å². The minimum Gasteiger partial charge on any atom is -0.444 e. The topological polar surface area (TPSA) is 41.6 Å². The van der Waals surface area contributed by atoms with Crippen molar-refractivity contribution in [2.24, 2.45) is 11.8 Å². The van der Waals surface area contributed by atoms with E-state index >= 15 is 0 Å². The summed E-state index contributed by atoms with van der Waals surface area (Å²) in [4.78, 5) is 14.1. The van der Waals surface area contributed by atoms with Gasteiger partial charge in [-0.05, 0) is 68.7 Å². The van der Waals surface area contributed by atoms with E-state index in [2.05, 4.69) is 44.3 Å². The van der Waals surface area contributed by atoms with Crippen LogP contribution in [0.15, 0.2) is 18.2 Å². The van der Waals surface area contributed by atoms with Crippen LogP contribution < -0.4 is 5.32 Å². The van der Waals surface area contributed by atoms with Crippen LogP contribution in [0.2, 0.25) is 0 Å². The van der Waals surface area contributed by atoms with Crippen LogP contribution in [0.5, 0.6) is 0 Å². The first kappa shape index (κ1) is 19.6. The summed E-state index contributed by atoms with van der Waals surface area (Å²) >= 11 is 0. The van der Waals surface area contributed by atoms with Crippen molar-refractivity contribution in [3.63, 3.8) is 0 Å². The molecule has 140 valence electrons. The molecule has 2 rings (SSSR count). The van der Waals surface area contributed by atoms with E-state index in [1.807, 2.05) is 20.8 Å². The van der Waals surface area contributed by atoms with E-state index in [1.165, 1.54) is 17.5 Å². The van der Waals surface area contributed by atoms with Crippen LogP contribution in [0, 0.1) is 11.8 Å². The molecule has 0 spiro atoms. The lowest BCUT2D eigenvalue weighted by molar-refractivity contribution is 0.0224. The summed E-state index contributed by atoms with van der Waals surface area (Å²) in [6.07, 6.45) is 1.89. The third-order valence-corrected chi connectivity index (χ3v) is 4.40. The van der Waals surface area contributed by atoms with Crippen LogP contribution in [-0.2, 0) is 17.7 Å². The van der Waals surface area contributed by atoms with Gasteiger partial charge in [0.1, 0.15) is 5.60 Å². The highest BCUT2D eigenvalue weighted by Crippen LogP contribution is 2.24. The summed E-state index contributed by atoms with van der Waals surface area (Å²) < 4.78 is 5.51. The van der Waals surface area contributed by atoms with Gasteiger partial charge in [-0.15, -0.1) is 0 Å². The SMILES string of the molecule is CC(C)CC(C)CNc1ccc2c(c1)CN(C(=O)OC(C)(C)C)CC2. The number of carbonyl (C=O) groups is 1. The quantitative estimate of drug-likeness (QED) is 0.809. The van der Waals surface area contributed by atoms with Gasteiger partial charge < -0.3 is 15.0 Å². The summed E-state index contributed by atoms with van der Waals surface area (Å²) in [6, 6.07) is 6.54. The van der Waals surface area contributed by atoms with Crippen LogP contribution in [0.1, 0.15) is 59.1 Å². The second-order valence-corrected chi connectivity index (χ2v) is 8.75. The van der Waals surface area contributed by atoms with Gasteiger partial charge in [0.15, 0.2) is 0 Å². The van der Waals surface area contributed by atoms with Crippen molar-refractivity contribution < 1.29 is 9.53 Å². The van der Waals surface area contributed by atoms with Crippen molar-refractivity contribution in [1.29, 1.82) is 0 Å². The van der Waals surface area contributed by atoms with Gasteiger partial charge in [-0.3, -0.25) is 0 Å². The van der Waals surface area contributed by atoms with E-state index in [1.54, 1.807) is 4.90 Å². The van der Waals surface area contributed by atoms with E-state index < -0.39 is 5.60 Å². The van der Waals surface area contributed by atoms with E-state index in [9.17, 15) is 4.79 Å². The van der Waals surface area contributed by atoms with Crippen molar-refractivity contribution in [2.75, 3.05) is 18.4 Å². The number of rotatable bonds is 5. The fourth-order valence-corrected chi connectivity index (χ4v) is 3.33. The Morgan fingerprint density at radius 2 is 1.96 bits per heavy atom. The molecular weight excluding hydrogens is 312 g/mol. The van der Waals surface area contributed by atoms with Crippen molar-refractivity contribution in [3.05, 3.63) is 29.3 Å². The molecule has 0 aromatic heterocycles. The Balaban J connectivity index is 1.97. The van der Waals surface area contributed by atoms with Gasteiger partial charge in [0.2, 0.25) is 0 Å². The smallest absolute Gasteiger partial charge is 0.410 e. The van der Waals surface area contributed by atoms with Crippen LogP contribution in [0.4, 0.5) is 10.5 Å². The van der Waals surface area contributed by atoms with Gasteiger partial charge in [0, 0.05) is 25.3 Å². The van der Waals surface area contributed by atoms with Crippen molar-refractivity contribution >= 4 is 11.8 Å². The fourth-order valence-electron chi connectivity index (χ4n) is 3.33. The fraction of sp³-hybridized carbons (Fsp3) is 0.667. The number of carbonyl (C=O) groups excluding carboxylic acids is 1. The highest BCUT2D eigenvalue weighted by atomic mass is 16.6. The molecule has 25 heavy (non-hydrogen) atoms. The summed E-state index contributed by atoms with van der Waals surface area (Å²) in [5.41, 5.74) is 3.24. The number of hydrogen-bond donors (Lipinski definition) is 1. The second kappa shape index (κ2) is 8.11. The average Bonchev–Trinajstić information content (AvgIpc) is 2.50. The molecule has 1 atom stereocenters. The Labute approximate surface area is 152 Å². The Bertz CT molecular complexity index is 590. The standard InChI is InChI=1S/C21H34N2O2/c1-15(2)11-16(3)13-22-19-8-7-17-9-10-23(14-18(17)12-19)20(24)25-21(4,5)6/h7-8,12,15-16,22H,9-11,13-14H2,1-6H3. The molecule has 4 heteroatoms. The largest absolute Gasteiger partial charge is 0.444 e. The van der Waals surface area contributed by atoms with Gasteiger partial charge in [0.25, 0.3) is 0 Å². The predicted molar refractivity (Wildman–Crippen MR) is 104 cm³/mol. The maximum atomic E-state index is 12.3. The monoisotopic (exact) mass is 346 g/mol. The third-order valence-electron chi connectivity index (χ3n) is 4.40. The molecule has 1 unspecified atom stereocenters. The van der Waals surface area contributed by atoms with Gasteiger partial charge in [-0.1, -0.05) is 26.8 Å². The number of ether oxygens (including phenoxy) is 1. The molecule has 0 saturated heterocycles. The molecular formula is C21H34N2O2. The van der Waals surface area contributed by atoms with Gasteiger partial charge in [-0.2, -0.15) is 0 Å². The molecule has 0 aliphatic carbocycles. The molecule has 1 aliphatic heterocycles. The number of anilines is 1. The molecule has 0 saturated carbocycles. The summed E-state index contributed by atoms with van der Waals surface area (Å²) in [6.45, 7) is 14.9. The molecule has 1 aromatic rings. The van der Waals surface area contributed by atoms with Gasteiger partial charge in [-0.25, -0.2) is 4.79 Å². The molecule has 0 fully saturated rings. The Hall–Kier alpha value is -1.71. The number of hydrogen-bond acceptors (Lipinski definition) is 3. The zero-order chi connectivity index (χ0) is 18.6. The summed E-state index contributed by atoms with van der Waals surface area (Å²) in [5.74, 6) is 1.37. The number of amides is 1.